The summed E-state index contributed by atoms with van der Waals surface area (Å²) in [5, 5.41) is 3.64. The average Bonchev–Trinajstić information content (AvgIpc) is 2.26. The van der Waals surface area contributed by atoms with Gasteiger partial charge in [0.15, 0.2) is 0 Å². The predicted octanol–water partition coefficient (Wildman–Crippen LogP) is 2.95. The molecule has 12 heavy (non-hydrogen) atoms. The second-order valence-electron chi connectivity index (χ2n) is 4.28. The van der Waals surface area contributed by atoms with Gasteiger partial charge in [0, 0.05) is 6.04 Å². The Morgan fingerprint density at radius 3 is 2.75 bits per heavy atom. The van der Waals surface area contributed by atoms with Crippen molar-refractivity contribution < 1.29 is 0 Å². The van der Waals surface area contributed by atoms with E-state index in [2.05, 4.69) is 19.2 Å². The molecule has 1 heteroatoms. The predicted molar refractivity (Wildman–Crippen MR) is 54.3 cm³/mol. The maximum Gasteiger partial charge on any atom is 0.00695 e. The molecule has 1 aliphatic carbocycles. The van der Waals surface area contributed by atoms with Crippen LogP contribution in [0.5, 0.6) is 0 Å². The highest BCUT2D eigenvalue weighted by Gasteiger charge is 2.15. The zero-order valence-electron chi connectivity index (χ0n) is 8.60. The van der Waals surface area contributed by atoms with Crippen LogP contribution in [-0.4, -0.2) is 12.6 Å². The van der Waals surface area contributed by atoms with Crippen LogP contribution in [0.15, 0.2) is 0 Å². The van der Waals surface area contributed by atoms with Crippen LogP contribution < -0.4 is 5.32 Å². The minimum absolute atomic E-state index is 0.822. The van der Waals surface area contributed by atoms with Crippen LogP contribution in [0.4, 0.5) is 0 Å². The van der Waals surface area contributed by atoms with Crippen LogP contribution in [0.1, 0.15) is 52.4 Å². The minimum atomic E-state index is 0.822. The van der Waals surface area contributed by atoms with Gasteiger partial charge in [-0.25, -0.2) is 0 Å². The van der Waals surface area contributed by atoms with Crippen molar-refractivity contribution in [1.29, 1.82) is 0 Å². The summed E-state index contributed by atoms with van der Waals surface area (Å²) in [7, 11) is 0. The molecule has 0 amide bonds. The highest BCUT2D eigenvalue weighted by molar-refractivity contribution is 4.73. The van der Waals surface area contributed by atoms with Crippen LogP contribution in [-0.2, 0) is 0 Å². The number of nitrogens with one attached hydrogen (secondary N) is 1. The van der Waals surface area contributed by atoms with Crippen molar-refractivity contribution in [3.63, 3.8) is 0 Å². The Morgan fingerprint density at radius 2 is 2.00 bits per heavy atom. The largest absolute Gasteiger partial charge is 0.314 e. The van der Waals surface area contributed by atoms with Crippen LogP contribution in [0.3, 0.4) is 0 Å². The molecule has 0 heterocycles. The number of hydrogen-bond donors (Lipinski definition) is 1. The Balaban J connectivity index is 2.21. The van der Waals surface area contributed by atoms with Crippen molar-refractivity contribution in [2.75, 3.05) is 6.54 Å². The lowest BCUT2D eigenvalue weighted by Crippen LogP contribution is -2.30. The van der Waals surface area contributed by atoms with E-state index < -0.39 is 0 Å². The SMILES string of the molecule is CCCNC1CCCCC(C)C1. The van der Waals surface area contributed by atoms with Crippen molar-refractivity contribution in [2.45, 2.75) is 58.4 Å². The first-order valence-electron chi connectivity index (χ1n) is 5.56. The van der Waals surface area contributed by atoms with Gasteiger partial charge >= 0.3 is 0 Å². The summed E-state index contributed by atoms with van der Waals surface area (Å²) in [4.78, 5) is 0. The summed E-state index contributed by atoms with van der Waals surface area (Å²) in [5.74, 6) is 0.946. The van der Waals surface area contributed by atoms with Crippen molar-refractivity contribution in [3.8, 4) is 0 Å². The van der Waals surface area contributed by atoms with E-state index in [1.807, 2.05) is 0 Å². The van der Waals surface area contributed by atoms with Gasteiger partial charge < -0.3 is 5.32 Å². The highest BCUT2D eigenvalue weighted by Crippen LogP contribution is 2.22. The Hall–Kier alpha value is -0.0400. The Kier molecular flexibility index (Phi) is 4.67. The lowest BCUT2D eigenvalue weighted by Gasteiger charge is -2.18. The maximum absolute atomic E-state index is 3.64. The van der Waals surface area contributed by atoms with Gasteiger partial charge in [0.05, 0.1) is 0 Å². The molecule has 1 rings (SSSR count). The maximum atomic E-state index is 3.64. The first-order valence-corrected chi connectivity index (χ1v) is 5.56. The van der Waals surface area contributed by atoms with E-state index in [0.717, 1.165) is 12.0 Å². The zero-order valence-corrected chi connectivity index (χ0v) is 8.60. The fraction of sp³-hybridized carbons (Fsp3) is 1.00. The molecule has 0 saturated heterocycles. The second-order valence-corrected chi connectivity index (χ2v) is 4.28. The molecule has 1 fully saturated rings. The molecule has 0 aromatic rings. The first kappa shape index (κ1) is 10.0. The molecule has 1 saturated carbocycles. The van der Waals surface area contributed by atoms with Crippen LogP contribution in [0.25, 0.3) is 0 Å². The fourth-order valence-corrected chi connectivity index (χ4v) is 2.14. The van der Waals surface area contributed by atoms with Gasteiger partial charge in [-0.15, -0.1) is 0 Å². The Morgan fingerprint density at radius 1 is 1.25 bits per heavy atom. The smallest absolute Gasteiger partial charge is 0.00695 e. The molecule has 2 unspecified atom stereocenters. The molecule has 1 nitrogen and oxygen atoms in total. The molecule has 0 radical (unpaired) electrons. The van der Waals surface area contributed by atoms with Crippen molar-refractivity contribution in [2.24, 2.45) is 5.92 Å². The minimum Gasteiger partial charge on any atom is -0.314 e. The van der Waals surface area contributed by atoms with E-state index in [4.69, 9.17) is 0 Å². The molecule has 1 N–H and O–H groups in total. The summed E-state index contributed by atoms with van der Waals surface area (Å²) >= 11 is 0. The standard InChI is InChI=1S/C11H23N/c1-3-8-12-11-7-5-4-6-10(2)9-11/h10-12H,3-9H2,1-2H3. The van der Waals surface area contributed by atoms with Crippen LogP contribution in [0.2, 0.25) is 0 Å². The summed E-state index contributed by atoms with van der Waals surface area (Å²) in [6.45, 7) is 5.84. The van der Waals surface area contributed by atoms with Gasteiger partial charge in [0.25, 0.3) is 0 Å². The average molecular weight is 169 g/mol. The molecular weight excluding hydrogens is 146 g/mol. The van der Waals surface area contributed by atoms with Crippen LogP contribution in [0, 0.1) is 5.92 Å². The fourth-order valence-electron chi connectivity index (χ4n) is 2.14. The quantitative estimate of drug-likeness (QED) is 0.640. The summed E-state index contributed by atoms with van der Waals surface area (Å²) in [5.41, 5.74) is 0. The molecule has 2 atom stereocenters. The van der Waals surface area contributed by atoms with E-state index in [1.54, 1.807) is 0 Å². The third kappa shape index (κ3) is 3.57. The molecule has 0 bridgehead atoms. The van der Waals surface area contributed by atoms with E-state index in [-0.39, 0.29) is 0 Å². The van der Waals surface area contributed by atoms with Gasteiger partial charge in [-0.2, -0.15) is 0 Å². The normalized spacial score (nSPS) is 31.5. The second kappa shape index (κ2) is 5.58. The van der Waals surface area contributed by atoms with Gasteiger partial charge in [-0.05, 0) is 31.7 Å². The molecule has 72 valence electrons. The van der Waals surface area contributed by atoms with Gasteiger partial charge in [-0.3, -0.25) is 0 Å². The number of rotatable bonds is 3. The molecule has 0 aromatic carbocycles. The van der Waals surface area contributed by atoms with E-state index >= 15 is 0 Å². The topological polar surface area (TPSA) is 12.0 Å². The van der Waals surface area contributed by atoms with Gasteiger partial charge in [-0.1, -0.05) is 33.1 Å². The lowest BCUT2D eigenvalue weighted by molar-refractivity contribution is 0.406. The highest BCUT2D eigenvalue weighted by atomic mass is 14.9. The zero-order chi connectivity index (χ0) is 8.81. The van der Waals surface area contributed by atoms with Gasteiger partial charge in [0.1, 0.15) is 0 Å². The molecule has 1 aliphatic rings. The molecule has 0 aromatic heterocycles. The summed E-state index contributed by atoms with van der Waals surface area (Å²) in [6, 6.07) is 0.822. The van der Waals surface area contributed by atoms with Crippen molar-refractivity contribution in [3.05, 3.63) is 0 Å². The van der Waals surface area contributed by atoms with E-state index in [9.17, 15) is 0 Å². The summed E-state index contributed by atoms with van der Waals surface area (Å²) in [6.07, 6.45) is 8.41. The Labute approximate surface area is 76.9 Å². The third-order valence-electron chi connectivity index (χ3n) is 2.87. The van der Waals surface area contributed by atoms with Crippen LogP contribution >= 0.6 is 0 Å². The summed E-state index contributed by atoms with van der Waals surface area (Å²) < 4.78 is 0. The van der Waals surface area contributed by atoms with Crippen molar-refractivity contribution in [1.82, 2.24) is 5.32 Å². The lowest BCUT2D eigenvalue weighted by atomic mass is 10.0. The first-order chi connectivity index (χ1) is 5.83. The molecule has 0 spiro atoms. The van der Waals surface area contributed by atoms with Crippen molar-refractivity contribution >= 4 is 0 Å². The molecule has 0 aliphatic heterocycles. The van der Waals surface area contributed by atoms with E-state index in [0.29, 0.717) is 0 Å². The monoisotopic (exact) mass is 169 g/mol. The van der Waals surface area contributed by atoms with Gasteiger partial charge in [0.2, 0.25) is 0 Å². The molecular formula is C11H23N. The third-order valence-corrected chi connectivity index (χ3v) is 2.87. The Bertz CT molecular complexity index is 112. The number of hydrogen-bond acceptors (Lipinski definition) is 1. The van der Waals surface area contributed by atoms with E-state index in [1.165, 1.54) is 45.1 Å².